The zero-order valence-electron chi connectivity index (χ0n) is 23.5. The van der Waals surface area contributed by atoms with Crippen molar-refractivity contribution in [1.29, 1.82) is 0 Å². The second-order valence-corrected chi connectivity index (χ2v) is 11.8. The van der Waals surface area contributed by atoms with E-state index in [1.54, 1.807) is 17.5 Å². The number of likely N-dealkylation sites (N-methyl/N-ethyl adjacent to an activating group) is 1. The van der Waals surface area contributed by atoms with Gasteiger partial charge in [0.2, 0.25) is 5.56 Å². The maximum absolute atomic E-state index is 15.8. The van der Waals surface area contributed by atoms with Gasteiger partial charge in [-0.05, 0) is 45.0 Å². The smallest absolute Gasteiger partial charge is 0.367 e. The van der Waals surface area contributed by atoms with Crippen molar-refractivity contribution in [3.63, 3.8) is 0 Å². The van der Waals surface area contributed by atoms with Crippen molar-refractivity contribution >= 4 is 34.2 Å². The van der Waals surface area contributed by atoms with E-state index >= 15 is 4.39 Å². The van der Waals surface area contributed by atoms with E-state index in [0.717, 1.165) is 16.8 Å². The first-order chi connectivity index (χ1) is 19.9. The molecule has 0 radical (unpaired) electrons. The Bertz CT molecular complexity index is 1530. The number of hydrogen-bond acceptors (Lipinski definition) is 7. The van der Waals surface area contributed by atoms with Gasteiger partial charge in [-0.3, -0.25) is 19.4 Å². The van der Waals surface area contributed by atoms with Crippen molar-refractivity contribution in [2.75, 3.05) is 43.4 Å². The molecule has 5 rings (SSSR count). The highest BCUT2D eigenvalue weighted by atomic mass is 32.1. The molecular weight excluding hydrogens is 572 g/mol. The maximum atomic E-state index is 15.8. The molecule has 2 atom stereocenters. The van der Waals surface area contributed by atoms with Gasteiger partial charge in [0.15, 0.2) is 0 Å². The lowest BCUT2D eigenvalue weighted by molar-refractivity contribution is -0.138. The molecule has 2 aliphatic rings. The molecule has 2 aliphatic heterocycles. The van der Waals surface area contributed by atoms with Crippen LogP contribution in [0.2, 0.25) is 0 Å². The number of H-pyrrole nitrogens is 1. The Labute approximate surface area is 244 Å². The first-order valence-corrected chi connectivity index (χ1v) is 14.5. The minimum absolute atomic E-state index is 0.112. The number of alkyl halides is 3. The summed E-state index contributed by atoms with van der Waals surface area (Å²) in [6, 6.07) is 3.45. The number of aromatic amines is 1. The fraction of sp³-hybridized carbons (Fsp3) is 0.414. The molecule has 0 spiro atoms. The number of rotatable bonds is 6. The van der Waals surface area contributed by atoms with Crippen LogP contribution in [-0.2, 0) is 12.7 Å². The van der Waals surface area contributed by atoms with E-state index in [9.17, 15) is 22.8 Å². The van der Waals surface area contributed by atoms with Crippen LogP contribution in [0.3, 0.4) is 0 Å². The number of pyridine rings is 1. The molecule has 1 fully saturated rings. The monoisotopic (exact) mass is 604 g/mol. The molecule has 224 valence electrons. The van der Waals surface area contributed by atoms with Gasteiger partial charge in [-0.1, -0.05) is 6.08 Å². The van der Waals surface area contributed by atoms with E-state index in [1.165, 1.54) is 12.1 Å². The van der Waals surface area contributed by atoms with Crippen molar-refractivity contribution in [2.45, 2.75) is 45.1 Å². The summed E-state index contributed by atoms with van der Waals surface area (Å²) in [6.45, 7) is 7.07. The van der Waals surface area contributed by atoms with E-state index in [2.05, 4.69) is 25.1 Å². The van der Waals surface area contributed by atoms with Crippen LogP contribution < -0.4 is 15.8 Å². The van der Waals surface area contributed by atoms with Crippen LogP contribution in [0, 0.1) is 5.82 Å². The van der Waals surface area contributed by atoms with E-state index in [1.807, 2.05) is 37.3 Å². The van der Waals surface area contributed by atoms with Crippen LogP contribution >= 0.6 is 11.3 Å². The summed E-state index contributed by atoms with van der Waals surface area (Å²) in [4.78, 5) is 37.7. The quantitative estimate of drug-likeness (QED) is 0.383. The molecule has 13 heteroatoms. The highest BCUT2D eigenvalue weighted by Gasteiger charge is 2.36. The first kappa shape index (κ1) is 29.9. The number of benzene rings is 1. The molecule has 2 aromatic heterocycles. The van der Waals surface area contributed by atoms with E-state index in [4.69, 9.17) is 0 Å². The highest BCUT2D eigenvalue weighted by Crippen LogP contribution is 2.37. The molecule has 1 saturated heterocycles. The highest BCUT2D eigenvalue weighted by molar-refractivity contribution is 7.09. The molecule has 1 aromatic carbocycles. The van der Waals surface area contributed by atoms with Crippen molar-refractivity contribution < 1.29 is 22.4 Å². The number of carbonyl (C=O) groups excluding carboxylic acids is 1. The van der Waals surface area contributed by atoms with Crippen LogP contribution in [0.15, 0.2) is 46.8 Å². The van der Waals surface area contributed by atoms with E-state index in [0.29, 0.717) is 50.9 Å². The molecule has 8 nitrogen and oxygen atoms in total. The Morgan fingerprint density at radius 3 is 2.55 bits per heavy atom. The zero-order valence-corrected chi connectivity index (χ0v) is 24.3. The second kappa shape index (κ2) is 12.0. The summed E-state index contributed by atoms with van der Waals surface area (Å²) in [5, 5.41) is 5.52. The number of halogens is 4. The normalized spacial score (nSPS) is 20.5. The molecule has 1 amide bonds. The number of piperazine rings is 1. The lowest BCUT2D eigenvalue weighted by atomic mass is 9.96. The Morgan fingerprint density at radius 1 is 1.19 bits per heavy atom. The number of aromatic nitrogens is 2. The van der Waals surface area contributed by atoms with Crippen LogP contribution in [-0.4, -0.2) is 71.0 Å². The summed E-state index contributed by atoms with van der Waals surface area (Å²) in [7, 11) is 2.00. The van der Waals surface area contributed by atoms with Crippen molar-refractivity contribution in [3.05, 3.63) is 79.9 Å². The molecule has 42 heavy (non-hydrogen) atoms. The molecular formula is C29H32F4N6O2S. The van der Waals surface area contributed by atoms with Crippen LogP contribution in [0.1, 0.15) is 46.8 Å². The first-order valence-electron chi connectivity index (χ1n) is 13.6. The molecule has 0 bridgehead atoms. The lowest BCUT2D eigenvalue weighted by Gasteiger charge is -2.44. The van der Waals surface area contributed by atoms with E-state index in [-0.39, 0.29) is 23.3 Å². The number of carbonyl (C=O) groups is 1. The van der Waals surface area contributed by atoms with Gasteiger partial charge in [0.05, 0.1) is 29.0 Å². The van der Waals surface area contributed by atoms with Crippen molar-refractivity contribution in [3.8, 4) is 0 Å². The fourth-order valence-electron chi connectivity index (χ4n) is 5.48. The number of amides is 1. The lowest BCUT2D eigenvalue weighted by Crippen LogP contribution is -2.55. The average Bonchev–Trinajstić information content (AvgIpc) is 3.45. The summed E-state index contributed by atoms with van der Waals surface area (Å²) < 4.78 is 56.9. The summed E-state index contributed by atoms with van der Waals surface area (Å²) in [5.74, 6) is -1.53. The van der Waals surface area contributed by atoms with Gasteiger partial charge in [-0.2, -0.15) is 13.2 Å². The van der Waals surface area contributed by atoms with Crippen LogP contribution in [0.5, 0.6) is 0 Å². The second-order valence-electron chi connectivity index (χ2n) is 10.8. The van der Waals surface area contributed by atoms with Gasteiger partial charge in [-0.15, -0.1) is 11.3 Å². The Morgan fingerprint density at radius 2 is 1.93 bits per heavy atom. The third-order valence-electron chi connectivity index (χ3n) is 7.99. The fourth-order valence-corrected chi connectivity index (χ4v) is 6.13. The molecule has 3 aromatic rings. The van der Waals surface area contributed by atoms with Crippen molar-refractivity contribution in [1.82, 2.24) is 19.8 Å². The zero-order chi connectivity index (χ0) is 30.2. The van der Waals surface area contributed by atoms with Crippen LogP contribution in [0.25, 0.3) is 5.57 Å². The SMILES string of the molecule is C[C@@H]1CN(c2cc(F)c(C3=CCN(Cc4nccs4)CC3)cc2NC(=O)c2c[nH]c(=O)cc2C(F)(F)F)C[C@H](C)N1C. The van der Waals surface area contributed by atoms with Gasteiger partial charge in [0.25, 0.3) is 5.91 Å². The predicted molar refractivity (Wildman–Crippen MR) is 155 cm³/mol. The average molecular weight is 605 g/mol. The minimum atomic E-state index is -4.92. The van der Waals surface area contributed by atoms with Gasteiger partial charge in [0.1, 0.15) is 10.8 Å². The molecule has 0 unspecified atom stereocenters. The molecule has 0 aliphatic carbocycles. The van der Waals surface area contributed by atoms with Gasteiger partial charge in [0, 0.05) is 67.7 Å². The largest absolute Gasteiger partial charge is 0.417 e. The van der Waals surface area contributed by atoms with Crippen LogP contribution in [0.4, 0.5) is 28.9 Å². The summed E-state index contributed by atoms with van der Waals surface area (Å²) in [5.41, 5.74) is -1.42. The molecule has 4 heterocycles. The number of nitrogens with zero attached hydrogens (tertiary/aromatic N) is 4. The third kappa shape index (κ3) is 6.42. The van der Waals surface area contributed by atoms with Gasteiger partial charge < -0.3 is 15.2 Å². The van der Waals surface area contributed by atoms with E-state index < -0.39 is 34.6 Å². The number of thiazole rings is 1. The van der Waals surface area contributed by atoms with Crippen molar-refractivity contribution in [2.24, 2.45) is 0 Å². The maximum Gasteiger partial charge on any atom is 0.417 e. The third-order valence-corrected chi connectivity index (χ3v) is 8.75. The summed E-state index contributed by atoms with van der Waals surface area (Å²) in [6.07, 6.45) is 0.0770. The Kier molecular flexibility index (Phi) is 8.53. The Hall–Kier alpha value is -3.55. The number of anilines is 2. The molecule has 0 saturated carbocycles. The van der Waals surface area contributed by atoms with Gasteiger partial charge >= 0.3 is 6.18 Å². The minimum Gasteiger partial charge on any atom is -0.367 e. The summed E-state index contributed by atoms with van der Waals surface area (Å²) >= 11 is 1.57. The standard InChI is InChI=1S/C29H32F4N6O2S/c1-17-14-39(15-18(2)37(17)3)25-12-23(30)20(19-4-7-38(8-5-19)16-27-34-6-9-42-27)10-24(25)36-28(41)21-13-35-26(40)11-22(21)29(31,32)33/h4,6,9-13,17-18H,5,7-8,14-16H2,1-3H3,(H,35,40)(H,36,41)/t17-,18+. The topological polar surface area (TPSA) is 84.6 Å². The molecule has 2 N–H and O–H groups in total. The number of nitrogens with one attached hydrogen (secondary N) is 2. The number of hydrogen-bond donors (Lipinski definition) is 2. The predicted octanol–water partition coefficient (Wildman–Crippen LogP) is 5.06. The van der Waals surface area contributed by atoms with Gasteiger partial charge in [-0.25, -0.2) is 9.37 Å². The Balaban J connectivity index is 1.50.